The Morgan fingerprint density at radius 3 is 2.14 bits per heavy atom. The van der Waals surface area contributed by atoms with Crippen LogP contribution in [0.25, 0.3) is 21.5 Å². The number of hydrogen-bond donors (Lipinski definition) is 1. The largest absolute Gasteiger partial charge is 0.329 e. The lowest BCUT2D eigenvalue weighted by molar-refractivity contribution is 0.515. The van der Waals surface area contributed by atoms with Crippen molar-refractivity contribution in [2.75, 3.05) is 0 Å². The molecule has 0 unspecified atom stereocenters. The van der Waals surface area contributed by atoms with E-state index in [-0.39, 0.29) is 5.54 Å². The number of hydrogen-bond acceptors (Lipinski definition) is 1. The summed E-state index contributed by atoms with van der Waals surface area (Å²) in [5.74, 6) is 0. The molecule has 0 aliphatic rings. The fourth-order valence-corrected chi connectivity index (χ4v) is 6.45. The molecule has 1 nitrogen and oxygen atoms in total. The molecule has 0 saturated heterocycles. The highest BCUT2D eigenvalue weighted by Gasteiger charge is 2.28. The van der Waals surface area contributed by atoms with Gasteiger partial charge in [0, 0.05) is 5.54 Å². The van der Waals surface area contributed by atoms with Crippen molar-refractivity contribution in [1.82, 2.24) is 4.98 Å². The van der Waals surface area contributed by atoms with Gasteiger partial charge in [-0.15, -0.1) is 0 Å². The zero-order chi connectivity index (χ0) is 16.0. The summed E-state index contributed by atoms with van der Waals surface area (Å²) in [4.78, 5) is 3.85. The Kier molecular flexibility index (Phi) is 3.62. The van der Waals surface area contributed by atoms with E-state index in [0.29, 0.717) is 0 Å². The molecule has 0 bridgehead atoms. The van der Waals surface area contributed by atoms with E-state index in [9.17, 15) is 0 Å². The van der Waals surface area contributed by atoms with Gasteiger partial charge in [-0.05, 0) is 47.5 Å². The van der Waals surface area contributed by atoms with Crippen LogP contribution in [-0.2, 0) is 0 Å². The van der Waals surface area contributed by atoms with Crippen LogP contribution >= 0.6 is 0 Å². The van der Waals surface area contributed by atoms with E-state index in [1.54, 1.807) is 0 Å². The summed E-state index contributed by atoms with van der Waals surface area (Å²) in [6.45, 7) is 11.5. The highest BCUT2D eigenvalue weighted by molar-refractivity contribution is 6.88. The molecule has 22 heavy (non-hydrogen) atoms. The summed E-state index contributed by atoms with van der Waals surface area (Å²) in [6, 6.07) is 20.1. The lowest BCUT2D eigenvalue weighted by atomic mass is 10.0. The van der Waals surface area contributed by atoms with E-state index in [1.807, 2.05) is 0 Å². The predicted molar refractivity (Wildman–Crippen MR) is 101 cm³/mol. The number of fused-ring (bicyclic) bond motifs is 3. The van der Waals surface area contributed by atoms with Gasteiger partial charge in [-0.2, -0.15) is 0 Å². The molecule has 0 aromatic heterocycles. The van der Waals surface area contributed by atoms with Crippen LogP contribution in [0.3, 0.4) is 0 Å². The minimum Gasteiger partial charge on any atom is -0.329 e. The molecule has 0 aliphatic heterocycles. The molecule has 0 fully saturated rings. The van der Waals surface area contributed by atoms with Gasteiger partial charge in [0.15, 0.2) is 8.24 Å². The predicted octanol–water partition coefficient (Wildman–Crippen LogP) is 4.79. The number of rotatable bonds is 2. The molecule has 1 N–H and O–H groups in total. The van der Waals surface area contributed by atoms with Gasteiger partial charge in [-0.3, -0.25) is 0 Å². The topological polar surface area (TPSA) is 12.0 Å². The summed E-state index contributed by atoms with van der Waals surface area (Å²) < 4.78 is 0. The lowest BCUT2D eigenvalue weighted by Crippen LogP contribution is -2.61. The zero-order valence-electron chi connectivity index (χ0n) is 14.2. The van der Waals surface area contributed by atoms with Crippen molar-refractivity contribution in [2.24, 2.45) is 0 Å². The summed E-state index contributed by atoms with van der Waals surface area (Å²) in [7, 11) is -1.65. The van der Waals surface area contributed by atoms with E-state index < -0.39 is 8.24 Å². The van der Waals surface area contributed by atoms with E-state index >= 15 is 0 Å². The summed E-state index contributed by atoms with van der Waals surface area (Å²) in [5, 5.41) is 6.81. The van der Waals surface area contributed by atoms with Crippen molar-refractivity contribution >= 4 is 35.0 Å². The third kappa shape index (κ3) is 2.94. The van der Waals surface area contributed by atoms with E-state index in [4.69, 9.17) is 0 Å². The first-order chi connectivity index (χ1) is 10.3. The molecule has 0 amide bonds. The second-order valence-electron chi connectivity index (χ2n) is 7.72. The molecule has 0 heterocycles. The van der Waals surface area contributed by atoms with Crippen LogP contribution in [-0.4, -0.2) is 13.8 Å². The summed E-state index contributed by atoms with van der Waals surface area (Å²) in [5.41, 5.74) is 0.147. The van der Waals surface area contributed by atoms with Gasteiger partial charge in [-0.1, -0.05) is 67.7 Å². The molecule has 3 aromatic carbocycles. The maximum Gasteiger partial charge on any atom is 0.151 e. The first kappa shape index (κ1) is 15.3. The van der Waals surface area contributed by atoms with Gasteiger partial charge >= 0.3 is 0 Å². The molecular formula is C20H25NSi. The van der Waals surface area contributed by atoms with Gasteiger partial charge < -0.3 is 4.98 Å². The Labute approximate surface area is 134 Å². The smallest absolute Gasteiger partial charge is 0.151 e. The molecule has 0 radical (unpaired) electrons. The molecule has 0 atom stereocenters. The standard InChI is InChI=1S/C20H25NSi/c1-20(2,3)21-22(4,5)17-12-13-19-16(14-17)11-10-15-8-6-7-9-18(15)19/h6-14,21H,1-5H3. The van der Waals surface area contributed by atoms with Crippen molar-refractivity contribution in [1.29, 1.82) is 0 Å². The Bertz CT molecular complexity index is 828. The van der Waals surface area contributed by atoms with Crippen molar-refractivity contribution in [3.05, 3.63) is 54.6 Å². The van der Waals surface area contributed by atoms with Crippen LogP contribution < -0.4 is 10.2 Å². The van der Waals surface area contributed by atoms with Crippen LogP contribution in [0.15, 0.2) is 54.6 Å². The first-order valence-corrected chi connectivity index (χ1v) is 11.0. The molecule has 3 rings (SSSR count). The van der Waals surface area contributed by atoms with Gasteiger partial charge in [-0.25, -0.2) is 0 Å². The molecule has 2 heteroatoms. The van der Waals surface area contributed by atoms with Gasteiger partial charge in [0.05, 0.1) is 0 Å². The second kappa shape index (κ2) is 5.22. The van der Waals surface area contributed by atoms with Gasteiger partial charge in [0.2, 0.25) is 0 Å². The normalized spacial score (nSPS) is 13.0. The van der Waals surface area contributed by atoms with Gasteiger partial charge in [0.25, 0.3) is 0 Å². The molecular weight excluding hydrogens is 282 g/mol. The van der Waals surface area contributed by atoms with Crippen LogP contribution in [0, 0.1) is 0 Å². The van der Waals surface area contributed by atoms with E-state index in [0.717, 1.165) is 0 Å². The fraction of sp³-hybridized carbons (Fsp3) is 0.300. The van der Waals surface area contributed by atoms with Crippen molar-refractivity contribution < 1.29 is 0 Å². The lowest BCUT2D eigenvalue weighted by Gasteiger charge is -2.33. The zero-order valence-corrected chi connectivity index (χ0v) is 15.2. The fourth-order valence-electron chi connectivity index (χ4n) is 3.41. The van der Waals surface area contributed by atoms with Crippen molar-refractivity contribution in [2.45, 2.75) is 39.4 Å². The average Bonchev–Trinajstić information content (AvgIpc) is 2.44. The monoisotopic (exact) mass is 307 g/mol. The maximum atomic E-state index is 3.85. The maximum absolute atomic E-state index is 3.85. The molecule has 3 aromatic rings. The Morgan fingerprint density at radius 2 is 1.41 bits per heavy atom. The Balaban J connectivity index is 2.13. The highest BCUT2D eigenvalue weighted by atomic mass is 28.3. The quantitative estimate of drug-likeness (QED) is 0.530. The average molecular weight is 308 g/mol. The molecule has 0 spiro atoms. The molecule has 0 aliphatic carbocycles. The van der Waals surface area contributed by atoms with Crippen molar-refractivity contribution in [3.63, 3.8) is 0 Å². The van der Waals surface area contributed by atoms with E-state index in [2.05, 4.69) is 93.4 Å². The minimum atomic E-state index is -1.65. The first-order valence-electron chi connectivity index (χ1n) is 7.98. The molecule has 0 saturated carbocycles. The van der Waals surface area contributed by atoms with Crippen LogP contribution in [0.4, 0.5) is 0 Å². The number of benzene rings is 3. The van der Waals surface area contributed by atoms with Crippen LogP contribution in [0.1, 0.15) is 20.8 Å². The van der Waals surface area contributed by atoms with Crippen LogP contribution in [0.2, 0.25) is 13.1 Å². The Morgan fingerprint density at radius 1 is 0.773 bits per heavy atom. The second-order valence-corrected chi connectivity index (χ2v) is 11.8. The van der Waals surface area contributed by atoms with E-state index in [1.165, 1.54) is 26.7 Å². The minimum absolute atomic E-state index is 0.147. The van der Waals surface area contributed by atoms with Crippen LogP contribution in [0.5, 0.6) is 0 Å². The molecule has 114 valence electrons. The van der Waals surface area contributed by atoms with Crippen molar-refractivity contribution in [3.8, 4) is 0 Å². The highest BCUT2D eigenvalue weighted by Crippen LogP contribution is 2.25. The van der Waals surface area contributed by atoms with Gasteiger partial charge in [0.1, 0.15) is 0 Å². The summed E-state index contributed by atoms with van der Waals surface area (Å²) >= 11 is 0. The number of nitrogens with one attached hydrogen (secondary N) is 1. The summed E-state index contributed by atoms with van der Waals surface area (Å²) in [6.07, 6.45) is 0. The SMILES string of the molecule is CC(C)(C)N[Si](C)(C)c1ccc2c(ccc3ccccc32)c1. The Hall–Kier alpha value is -1.64. The third-order valence-corrected chi connectivity index (χ3v) is 7.28. The third-order valence-electron chi connectivity index (χ3n) is 4.15.